The number of hydrogen-bond acceptors (Lipinski definition) is 3. The first-order chi connectivity index (χ1) is 9.28. The third kappa shape index (κ3) is 4.03. The van der Waals surface area contributed by atoms with Crippen LogP contribution in [0.15, 0.2) is 24.3 Å². The summed E-state index contributed by atoms with van der Waals surface area (Å²) < 4.78 is 0. The van der Waals surface area contributed by atoms with E-state index in [1.807, 2.05) is 0 Å². The van der Waals surface area contributed by atoms with E-state index in [1.54, 1.807) is 0 Å². The van der Waals surface area contributed by atoms with Crippen LogP contribution < -0.4 is 11.1 Å². The van der Waals surface area contributed by atoms with Crippen LogP contribution in [0.3, 0.4) is 0 Å². The van der Waals surface area contributed by atoms with E-state index in [9.17, 15) is 0 Å². The quantitative estimate of drug-likeness (QED) is 0.674. The van der Waals surface area contributed by atoms with Crippen LogP contribution in [0.4, 0.5) is 0 Å². The van der Waals surface area contributed by atoms with Crippen molar-refractivity contribution in [1.29, 1.82) is 0 Å². The predicted octanol–water partition coefficient (Wildman–Crippen LogP) is 2.31. The SMILES string of the molecule is CCC(CCO)NC(CN)c1ccc(C2CC2)cc1. The predicted molar refractivity (Wildman–Crippen MR) is 79.1 cm³/mol. The summed E-state index contributed by atoms with van der Waals surface area (Å²) in [7, 11) is 0. The summed E-state index contributed by atoms with van der Waals surface area (Å²) in [6.45, 7) is 2.95. The molecular weight excluding hydrogens is 236 g/mol. The van der Waals surface area contributed by atoms with Crippen LogP contribution in [0.2, 0.25) is 0 Å². The Hall–Kier alpha value is -0.900. The molecule has 1 aromatic rings. The number of aliphatic hydroxyl groups is 1. The zero-order chi connectivity index (χ0) is 13.7. The largest absolute Gasteiger partial charge is 0.396 e. The van der Waals surface area contributed by atoms with Crippen molar-refractivity contribution in [3.8, 4) is 0 Å². The molecule has 1 aliphatic rings. The Kier molecular flexibility index (Phi) is 5.37. The Morgan fingerprint density at radius 1 is 1.32 bits per heavy atom. The Morgan fingerprint density at radius 3 is 2.47 bits per heavy atom. The first kappa shape index (κ1) is 14.5. The van der Waals surface area contributed by atoms with Crippen LogP contribution in [0.5, 0.6) is 0 Å². The fourth-order valence-corrected chi connectivity index (χ4v) is 2.56. The monoisotopic (exact) mass is 262 g/mol. The molecule has 1 aliphatic carbocycles. The molecule has 2 unspecified atom stereocenters. The second-order valence-corrected chi connectivity index (χ2v) is 5.51. The number of nitrogens with one attached hydrogen (secondary N) is 1. The van der Waals surface area contributed by atoms with Gasteiger partial charge in [0, 0.05) is 25.2 Å². The topological polar surface area (TPSA) is 58.3 Å². The van der Waals surface area contributed by atoms with Crippen molar-refractivity contribution in [1.82, 2.24) is 5.32 Å². The normalized spacial score (nSPS) is 18.3. The molecule has 0 radical (unpaired) electrons. The van der Waals surface area contributed by atoms with Crippen molar-refractivity contribution in [2.45, 2.75) is 50.6 Å². The number of benzene rings is 1. The Bertz CT molecular complexity index is 373. The van der Waals surface area contributed by atoms with E-state index in [-0.39, 0.29) is 12.6 Å². The lowest BCUT2D eigenvalue weighted by Gasteiger charge is -2.24. The van der Waals surface area contributed by atoms with Gasteiger partial charge in [0.1, 0.15) is 0 Å². The lowest BCUT2D eigenvalue weighted by molar-refractivity contribution is 0.256. The maximum Gasteiger partial charge on any atom is 0.0446 e. The minimum atomic E-state index is 0.185. The smallest absolute Gasteiger partial charge is 0.0446 e. The molecule has 1 fully saturated rings. The minimum absolute atomic E-state index is 0.185. The van der Waals surface area contributed by atoms with E-state index in [2.05, 4.69) is 36.5 Å². The van der Waals surface area contributed by atoms with Gasteiger partial charge in [-0.2, -0.15) is 0 Å². The molecule has 0 saturated heterocycles. The van der Waals surface area contributed by atoms with Crippen LogP contribution in [0.1, 0.15) is 55.7 Å². The van der Waals surface area contributed by atoms with Gasteiger partial charge >= 0.3 is 0 Å². The summed E-state index contributed by atoms with van der Waals surface area (Å²) in [4.78, 5) is 0. The highest BCUT2D eigenvalue weighted by Crippen LogP contribution is 2.40. The average molecular weight is 262 g/mol. The Labute approximate surface area is 116 Å². The second kappa shape index (κ2) is 7.04. The average Bonchev–Trinajstić information content (AvgIpc) is 3.28. The van der Waals surface area contributed by atoms with Crippen LogP contribution in [-0.2, 0) is 0 Å². The second-order valence-electron chi connectivity index (χ2n) is 5.51. The lowest BCUT2D eigenvalue weighted by atomic mass is 10.0. The van der Waals surface area contributed by atoms with Crippen molar-refractivity contribution >= 4 is 0 Å². The molecule has 4 N–H and O–H groups in total. The van der Waals surface area contributed by atoms with Crippen molar-refractivity contribution in [2.75, 3.05) is 13.2 Å². The standard InChI is InChI=1S/C16H26N2O/c1-2-15(9-10-19)18-16(11-17)14-7-5-13(6-8-14)12-3-4-12/h5-8,12,15-16,18-19H,2-4,9-11,17H2,1H3. The summed E-state index contributed by atoms with van der Waals surface area (Å²) in [5, 5.41) is 12.6. The van der Waals surface area contributed by atoms with Gasteiger partial charge in [-0.15, -0.1) is 0 Å². The molecule has 0 aromatic heterocycles. The first-order valence-electron chi connectivity index (χ1n) is 7.45. The summed E-state index contributed by atoms with van der Waals surface area (Å²) >= 11 is 0. The molecule has 2 atom stereocenters. The van der Waals surface area contributed by atoms with E-state index < -0.39 is 0 Å². The number of rotatable bonds is 8. The maximum atomic E-state index is 9.06. The molecule has 0 bridgehead atoms. The summed E-state index contributed by atoms with van der Waals surface area (Å²) in [5.74, 6) is 0.802. The van der Waals surface area contributed by atoms with E-state index in [0.717, 1.165) is 18.8 Å². The van der Waals surface area contributed by atoms with E-state index in [1.165, 1.54) is 24.0 Å². The molecule has 1 aromatic carbocycles. The van der Waals surface area contributed by atoms with Crippen LogP contribution in [0.25, 0.3) is 0 Å². The molecule has 0 heterocycles. The fraction of sp³-hybridized carbons (Fsp3) is 0.625. The first-order valence-corrected chi connectivity index (χ1v) is 7.45. The van der Waals surface area contributed by atoms with Gasteiger partial charge in [-0.3, -0.25) is 0 Å². The van der Waals surface area contributed by atoms with Crippen LogP contribution in [0, 0.1) is 0 Å². The molecule has 2 rings (SSSR count). The van der Waals surface area contributed by atoms with Gasteiger partial charge in [0.15, 0.2) is 0 Å². The minimum Gasteiger partial charge on any atom is -0.396 e. The summed E-state index contributed by atoms with van der Waals surface area (Å²) in [5.41, 5.74) is 8.60. The van der Waals surface area contributed by atoms with Crippen molar-refractivity contribution in [3.63, 3.8) is 0 Å². The molecule has 0 amide bonds. The van der Waals surface area contributed by atoms with Gasteiger partial charge in [-0.05, 0) is 42.7 Å². The summed E-state index contributed by atoms with van der Waals surface area (Å²) in [6, 6.07) is 9.40. The molecule has 106 valence electrons. The van der Waals surface area contributed by atoms with Gasteiger partial charge < -0.3 is 16.2 Å². The van der Waals surface area contributed by atoms with E-state index >= 15 is 0 Å². The van der Waals surface area contributed by atoms with Gasteiger partial charge in [0.25, 0.3) is 0 Å². The maximum absolute atomic E-state index is 9.06. The molecule has 19 heavy (non-hydrogen) atoms. The lowest BCUT2D eigenvalue weighted by Crippen LogP contribution is -2.37. The highest BCUT2D eigenvalue weighted by atomic mass is 16.3. The zero-order valence-electron chi connectivity index (χ0n) is 11.8. The molecule has 3 heteroatoms. The molecule has 0 spiro atoms. The van der Waals surface area contributed by atoms with Gasteiger partial charge in [0.2, 0.25) is 0 Å². The molecular formula is C16H26N2O. The van der Waals surface area contributed by atoms with Crippen molar-refractivity contribution < 1.29 is 5.11 Å². The van der Waals surface area contributed by atoms with E-state index in [4.69, 9.17) is 10.8 Å². The van der Waals surface area contributed by atoms with Gasteiger partial charge in [-0.1, -0.05) is 31.2 Å². The highest BCUT2D eigenvalue weighted by Gasteiger charge is 2.23. The molecule has 3 nitrogen and oxygen atoms in total. The zero-order valence-corrected chi connectivity index (χ0v) is 11.8. The van der Waals surface area contributed by atoms with Gasteiger partial charge in [0.05, 0.1) is 0 Å². The Balaban J connectivity index is 1.99. The third-order valence-corrected chi connectivity index (χ3v) is 4.03. The van der Waals surface area contributed by atoms with Crippen LogP contribution >= 0.6 is 0 Å². The summed E-state index contributed by atoms with van der Waals surface area (Å²) in [6.07, 6.45) is 4.48. The van der Waals surface area contributed by atoms with Crippen molar-refractivity contribution in [3.05, 3.63) is 35.4 Å². The van der Waals surface area contributed by atoms with E-state index in [0.29, 0.717) is 12.6 Å². The number of hydrogen-bond donors (Lipinski definition) is 3. The number of nitrogens with two attached hydrogens (primary N) is 1. The van der Waals surface area contributed by atoms with Gasteiger partial charge in [-0.25, -0.2) is 0 Å². The fourth-order valence-electron chi connectivity index (χ4n) is 2.56. The highest BCUT2D eigenvalue weighted by molar-refractivity contribution is 5.29. The van der Waals surface area contributed by atoms with Crippen LogP contribution in [-0.4, -0.2) is 24.3 Å². The Morgan fingerprint density at radius 2 is 2.00 bits per heavy atom. The third-order valence-electron chi connectivity index (χ3n) is 4.03. The number of aliphatic hydroxyl groups excluding tert-OH is 1. The molecule has 0 aliphatic heterocycles. The molecule has 1 saturated carbocycles. The van der Waals surface area contributed by atoms with Crippen molar-refractivity contribution in [2.24, 2.45) is 5.73 Å².